The van der Waals surface area contributed by atoms with Crippen LogP contribution >= 0.6 is 11.8 Å². The molecule has 0 spiro atoms. The largest absolute Gasteiger partial charge is 0.356 e. The molecule has 1 aromatic carbocycles. The third-order valence-electron chi connectivity index (χ3n) is 2.66. The zero-order valence-corrected chi connectivity index (χ0v) is 11.3. The quantitative estimate of drug-likeness (QED) is 0.503. The summed E-state index contributed by atoms with van der Waals surface area (Å²) in [5.41, 5.74) is 4.23. The molecule has 0 aromatic heterocycles. The lowest BCUT2D eigenvalue weighted by atomic mass is 10.2. The smallest absolute Gasteiger partial charge is 0.293 e. The highest BCUT2D eigenvalue weighted by Gasteiger charge is 2.34. The molecule has 0 unspecified atom stereocenters. The van der Waals surface area contributed by atoms with Gasteiger partial charge in [0.25, 0.3) is 16.8 Å². The highest BCUT2D eigenvalue weighted by molar-refractivity contribution is 8.18. The number of thioether (sulfide) groups is 1. The van der Waals surface area contributed by atoms with Crippen LogP contribution in [0.25, 0.3) is 6.08 Å². The molecular weight excluding hydrogens is 282 g/mol. The third-order valence-corrected chi connectivity index (χ3v) is 3.56. The van der Waals surface area contributed by atoms with Crippen LogP contribution in [-0.2, 0) is 4.79 Å². The molecule has 1 heterocycles. The van der Waals surface area contributed by atoms with Gasteiger partial charge in [-0.05, 0) is 35.5 Å². The fourth-order valence-corrected chi connectivity index (χ4v) is 2.56. The summed E-state index contributed by atoms with van der Waals surface area (Å²) in [7, 11) is 0. The standard InChI is InChI=1S/C12H11N3O4S/c13-5-6-14-11(16)10(20-12(14)17)7-8-1-3-9(4-2-8)15(18)19/h1-4,7H,5-6,13H2/p+1/b10-7+. The Morgan fingerprint density at radius 1 is 1.30 bits per heavy atom. The predicted molar refractivity (Wildman–Crippen MR) is 73.5 cm³/mol. The second kappa shape index (κ2) is 5.85. The maximum absolute atomic E-state index is 12.0. The van der Waals surface area contributed by atoms with Crippen molar-refractivity contribution in [2.24, 2.45) is 0 Å². The molecular formula is C12H12N3O4S+. The number of nitrogens with zero attached hydrogens (tertiary/aromatic N) is 2. The first-order valence-electron chi connectivity index (χ1n) is 5.82. The summed E-state index contributed by atoms with van der Waals surface area (Å²) < 4.78 is 0. The number of benzene rings is 1. The average molecular weight is 294 g/mol. The van der Waals surface area contributed by atoms with Gasteiger partial charge < -0.3 is 5.73 Å². The molecule has 1 fully saturated rings. The molecule has 1 aliphatic heterocycles. The summed E-state index contributed by atoms with van der Waals surface area (Å²) in [6.45, 7) is 0.755. The van der Waals surface area contributed by atoms with Gasteiger partial charge in [0.15, 0.2) is 0 Å². The summed E-state index contributed by atoms with van der Waals surface area (Å²) in [5.74, 6) is -0.345. The first-order valence-corrected chi connectivity index (χ1v) is 6.63. The molecule has 2 rings (SSSR count). The minimum atomic E-state index is -0.494. The van der Waals surface area contributed by atoms with Gasteiger partial charge in [-0.2, -0.15) is 0 Å². The van der Waals surface area contributed by atoms with Crippen molar-refractivity contribution in [3.8, 4) is 0 Å². The van der Waals surface area contributed by atoms with E-state index in [1.165, 1.54) is 24.3 Å². The monoisotopic (exact) mass is 294 g/mol. The molecule has 1 aliphatic rings. The van der Waals surface area contributed by atoms with E-state index in [0.29, 0.717) is 23.6 Å². The Morgan fingerprint density at radius 2 is 1.95 bits per heavy atom. The molecule has 0 atom stereocenters. The number of imide groups is 1. The molecule has 3 N–H and O–H groups in total. The van der Waals surface area contributed by atoms with Gasteiger partial charge in [0.2, 0.25) is 0 Å². The van der Waals surface area contributed by atoms with Gasteiger partial charge in [-0.25, -0.2) is 0 Å². The second-order valence-corrected chi connectivity index (χ2v) is 5.03. The minimum Gasteiger partial charge on any atom is -0.356 e. The number of hydrogen-bond donors (Lipinski definition) is 1. The highest BCUT2D eigenvalue weighted by Crippen LogP contribution is 2.31. The summed E-state index contributed by atoms with van der Waals surface area (Å²) in [6, 6.07) is 5.78. The Bertz CT molecular complexity index is 597. The van der Waals surface area contributed by atoms with Crippen LogP contribution in [0.1, 0.15) is 5.56 Å². The van der Waals surface area contributed by atoms with E-state index < -0.39 is 4.92 Å². The molecule has 1 aromatic rings. The topological polar surface area (TPSA) is 108 Å². The normalized spacial score (nSPS) is 17.1. The van der Waals surface area contributed by atoms with Crippen LogP contribution in [0.5, 0.6) is 0 Å². The van der Waals surface area contributed by atoms with E-state index in [2.05, 4.69) is 5.73 Å². The third kappa shape index (κ3) is 2.86. The van der Waals surface area contributed by atoms with E-state index >= 15 is 0 Å². The van der Waals surface area contributed by atoms with E-state index in [1.807, 2.05) is 0 Å². The van der Waals surface area contributed by atoms with Gasteiger partial charge in [-0.1, -0.05) is 0 Å². The number of rotatable bonds is 4. The first kappa shape index (κ1) is 14.2. The lowest BCUT2D eigenvalue weighted by molar-refractivity contribution is -0.384. The van der Waals surface area contributed by atoms with Crippen molar-refractivity contribution in [2.75, 3.05) is 13.1 Å². The van der Waals surface area contributed by atoms with Gasteiger partial charge in [0.1, 0.15) is 0 Å². The van der Waals surface area contributed by atoms with Gasteiger partial charge in [-0.15, -0.1) is 0 Å². The Balaban J connectivity index is 2.21. The zero-order chi connectivity index (χ0) is 14.7. The van der Waals surface area contributed by atoms with Crippen LogP contribution in [0, 0.1) is 10.1 Å². The number of nitro groups is 1. The van der Waals surface area contributed by atoms with E-state index in [4.69, 9.17) is 0 Å². The number of carbonyl (C=O) groups is 2. The van der Waals surface area contributed by atoms with Crippen LogP contribution in [0.15, 0.2) is 29.2 Å². The Kier molecular flexibility index (Phi) is 4.16. The maximum Gasteiger partial charge on any atom is 0.293 e. The molecule has 2 amide bonds. The van der Waals surface area contributed by atoms with Gasteiger partial charge in [0.05, 0.1) is 22.9 Å². The van der Waals surface area contributed by atoms with Gasteiger partial charge in [0, 0.05) is 12.1 Å². The maximum atomic E-state index is 12.0. The number of amides is 2. The molecule has 0 aliphatic carbocycles. The van der Waals surface area contributed by atoms with Crippen molar-refractivity contribution < 1.29 is 20.2 Å². The van der Waals surface area contributed by atoms with Crippen LogP contribution in [0.3, 0.4) is 0 Å². The Labute approximate surface area is 118 Å². The summed E-state index contributed by atoms with van der Waals surface area (Å²) in [4.78, 5) is 35.1. The highest BCUT2D eigenvalue weighted by atomic mass is 32.2. The van der Waals surface area contributed by atoms with Crippen molar-refractivity contribution in [2.45, 2.75) is 0 Å². The molecule has 20 heavy (non-hydrogen) atoms. The van der Waals surface area contributed by atoms with E-state index in [-0.39, 0.29) is 16.8 Å². The summed E-state index contributed by atoms with van der Waals surface area (Å²) in [5, 5.41) is 10.2. The molecule has 0 bridgehead atoms. The van der Waals surface area contributed by atoms with E-state index in [9.17, 15) is 19.7 Å². The lowest BCUT2D eigenvalue weighted by Crippen LogP contribution is -2.55. The van der Waals surface area contributed by atoms with Crippen LogP contribution in [0.2, 0.25) is 0 Å². The molecule has 7 nitrogen and oxygen atoms in total. The molecule has 104 valence electrons. The first-order chi connectivity index (χ1) is 9.52. The van der Waals surface area contributed by atoms with Crippen LogP contribution < -0.4 is 5.73 Å². The lowest BCUT2D eigenvalue weighted by Gasteiger charge is -2.08. The number of hydrogen-bond acceptors (Lipinski definition) is 5. The minimum absolute atomic E-state index is 0.0210. The number of carbonyl (C=O) groups excluding carboxylic acids is 2. The van der Waals surface area contributed by atoms with E-state index in [1.54, 1.807) is 6.08 Å². The molecule has 1 saturated heterocycles. The van der Waals surface area contributed by atoms with Crippen molar-refractivity contribution in [1.29, 1.82) is 0 Å². The summed E-state index contributed by atoms with van der Waals surface area (Å²) in [6.07, 6.45) is 1.55. The Morgan fingerprint density at radius 3 is 2.50 bits per heavy atom. The Hall–Kier alpha value is -2.19. The molecule has 0 radical (unpaired) electrons. The molecule has 0 saturated carbocycles. The van der Waals surface area contributed by atoms with Crippen LogP contribution in [-0.4, -0.2) is 34.1 Å². The van der Waals surface area contributed by atoms with Crippen molar-refractivity contribution in [3.63, 3.8) is 0 Å². The van der Waals surface area contributed by atoms with E-state index in [0.717, 1.165) is 16.7 Å². The van der Waals surface area contributed by atoms with Crippen molar-refractivity contribution in [3.05, 3.63) is 44.8 Å². The SMILES string of the molecule is [NH3+]CCN1C(=O)S/C(=C/c2ccc([N+](=O)[O-])cc2)C1=O. The van der Waals surface area contributed by atoms with Gasteiger partial charge in [-0.3, -0.25) is 24.6 Å². The number of quaternary nitrogens is 1. The van der Waals surface area contributed by atoms with Gasteiger partial charge >= 0.3 is 0 Å². The van der Waals surface area contributed by atoms with Crippen molar-refractivity contribution in [1.82, 2.24) is 4.90 Å². The average Bonchev–Trinajstić information content (AvgIpc) is 2.67. The summed E-state index contributed by atoms with van der Waals surface area (Å²) >= 11 is 0.864. The number of nitro benzene ring substituents is 1. The zero-order valence-electron chi connectivity index (χ0n) is 10.4. The molecule has 8 heteroatoms. The second-order valence-electron chi connectivity index (χ2n) is 4.04. The van der Waals surface area contributed by atoms with Crippen molar-refractivity contribution >= 4 is 34.7 Å². The number of non-ortho nitro benzene ring substituents is 1. The predicted octanol–water partition coefficient (Wildman–Crippen LogP) is 0.873. The fourth-order valence-electron chi connectivity index (χ4n) is 1.69. The fraction of sp³-hybridized carbons (Fsp3) is 0.167. The van der Waals surface area contributed by atoms with Crippen LogP contribution in [0.4, 0.5) is 10.5 Å².